The van der Waals surface area contributed by atoms with Crippen molar-refractivity contribution in [1.29, 1.82) is 0 Å². The number of halogens is 3. The van der Waals surface area contributed by atoms with Gasteiger partial charge in [-0.05, 0) is 49.2 Å². The summed E-state index contributed by atoms with van der Waals surface area (Å²) in [5.41, 5.74) is 1.70. The topological polar surface area (TPSA) is 47.9 Å². The van der Waals surface area contributed by atoms with Crippen molar-refractivity contribution < 1.29 is 19.3 Å². The van der Waals surface area contributed by atoms with Gasteiger partial charge in [0, 0.05) is 11.3 Å². The average Bonchev–Trinajstić information content (AvgIpc) is 2.75. The number of rotatable bonds is 12. The van der Waals surface area contributed by atoms with Gasteiger partial charge in [-0.15, -0.1) is 11.6 Å². The fourth-order valence-corrected chi connectivity index (χ4v) is 3.75. The molecule has 0 saturated heterocycles. The minimum atomic E-state index is -0.786. The predicted molar refractivity (Wildman–Crippen MR) is 133 cm³/mol. The first-order valence-corrected chi connectivity index (χ1v) is 12.0. The van der Waals surface area contributed by atoms with Gasteiger partial charge in [0.25, 0.3) is 0 Å². The maximum atomic E-state index is 9.61. The van der Waals surface area contributed by atoms with Gasteiger partial charge >= 0.3 is 0 Å². The molecule has 32 heavy (non-hydrogen) atoms. The molecule has 2 rings (SSSR count). The summed E-state index contributed by atoms with van der Waals surface area (Å²) < 4.78 is 17.1. The van der Waals surface area contributed by atoms with Gasteiger partial charge in [0.15, 0.2) is 5.75 Å². The first kappa shape index (κ1) is 27.1. The number of aliphatic hydroxyl groups is 1. The molecular weight excluding hydrogens is 471 g/mol. The Hall–Kier alpha value is -1.17. The van der Waals surface area contributed by atoms with E-state index in [0.717, 1.165) is 16.9 Å². The molecule has 4 nitrogen and oxygen atoms in total. The van der Waals surface area contributed by atoms with E-state index in [1.165, 1.54) is 0 Å². The first-order chi connectivity index (χ1) is 15.0. The third-order valence-electron chi connectivity index (χ3n) is 5.14. The van der Waals surface area contributed by atoms with Crippen LogP contribution in [0.1, 0.15) is 45.7 Å². The van der Waals surface area contributed by atoms with Crippen molar-refractivity contribution in [2.24, 2.45) is 5.92 Å². The van der Waals surface area contributed by atoms with Crippen LogP contribution < -0.4 is 9.47 Å². The molecule has 0 amide bonds. The average molecular weight is 504 g/mol. The summed E-state index contributed by atoms with van der Waals surface area (Å²) in [7, 11) is 0. The van der Waals surface area contributed by atoms with E-state index in [1.54, 1.807) is 0 Å². The second-order valence-corrected chi connectivity index (χ2v) is 9.96. The van der Waals surface area contributed by atoms with Crippen LogP contribution in [-0.4, -0.2) is 43.0 Å². The van der Waals surface area contributed by atoms with Crippen LogP contribution in [-0.2, 0) is 10.2 Å². The van der Waals surface area contributed by atoms with Crippen LogP contribution in [0.2, 0.25) is 10.0 Å². The van der Waals surface area contributed by atoms with Crippen LogP contribution in [0.3, 0.4) is 0 Å². The van der Waals surface area contributed by atoms with Crippen LogP contribution >= 0.6 is 34.8 Å². The summed E-state index contributed by atoms with van der Waals surface area (Å²) in [4.78, 5) is 0. The van der Waals surface area contributed by atoms with Crippen molar-refractivity contribution in [2.75, 3.05) is 25.7 Å². The summed E-state index contributed by atoms with van der Waals surface area (Å²) in [6.45, 7) is 11.7. The van der Waals surface area contributed by atoms with Crippen LogP contribution in [0.5, 0.6) is 11.5 Å². The molecule has 178 valence electrons. The fraction of sp³-hybridized carbons (Fsp3) is 0.520. The Balaban J connectivity index is 2.09. The number of benzene rings is 2. The largest absolute Gasteiger partial charge is 0.493 e. The van der Waals surface area contributed by atoms with Crippen LogP contribution in [0.15, 0.2) is 36.4 Å². The Morgan fingerprint density at radius 1 is 0.875 bits per heavy atom. The van der Waals surface area contributed by atoms with Gasteiger partial charge in [0.05, 0.1) is 35.2 Å². The molecule has 0 radical (unpaired) electrons. The predicted octanol–water partition coefficient (Wildman–Crippen LogP) is 6.74. The zero-order chi connectivity index (χ0) is 23.9. The van der Waals surface area contributed by atoms with Crippen LogP contribution in [0.25, 0.3) is 0 Å². The van der Waals surface area contributed by atoms with Crippen LogP contribution in [0, 0.1) is 5.92 Å². The van der Waals surface area contributed by atoms with E-state index in [1.807, 2.05) is 50.2 Å². The van der Waals surface area contributed by atoms with E-state index in [0.29, 0.717) is 34.9 Å². The first-order valence-electron chi connectivity index (χ1n) is 10.8. The molecule has 2 atom stereocenters. The number of aliphatic hydroxyl groups excluding tert-OH is 1. The molecule has 0 aliphatic carbocycles. The molecule has 2 aromatic carbocycles. The summed E-state index contributed by atoms with van der Waals surface area (Å²) in [6.07, 6.45) is -0.565. The fourth-order valence-electron chi connectivity index (χ4n) is 3.06. The van der Waals surface area contributed by atoms with Gasteiger partial charge in [0.2, 0.25) is 0 Å². The summed E-state index contributed by atoms with van der Waals surface area (Å²) in [5, 5.41) is 10.4. The van der Waals surface area contributed by atoms with Gasteiger partial charge in [-0.1, -0.05) is 56.1 Å². The normalized spacial score (nSPS) is 13.8. The SMILES string of the molecule is CC(C)OC[C@@H](C)COc1ccc(C(C)(C)c2cc(Cl)c(OC[C@@H](O)CCl)c(Cl)c2)cc1. The minimum absolute atomic E-state index is 0.0232. The molecule has 0 fully saturated rings. The lowest BCUT2D eigenvalue weighted by molar-refractivity contribution is 0.0427. The highest BCUT2D eigenvalue weighted by molar-refractivity contribution is 6.37. The lowest BCUT2D eigenvalue weighted by Crippen LogP contribution is -2.21. The molecule has 1 N–H and O–H groups in total. The molecule has 0 spiro atoms. The van der Waals surface area contributed by atoms with Crippen molar-refractivity contribution in [3.05, 3.63) is 57.6 Å². The van der Waals surface area contributed by atoms with Gasteiger partial charge in [0.1, 0.15) is 18.5 Å². The quantitative estimate of drug-likeness (QED) is 0.326. The molecule has 0 heterocycles. The standard InChI is InChI=1S/C25H33Cl3O4/c1-16(2)30-13-17(3)14-31-21-8-6-18(7-9-21)25(4,5)19-10-22(27)24(23(28)11-19)32-15-20(29)12-26/h6-11,16-17,20,29H,12-15H2,1-5H3/t17-,20+/m1/s1. The molecule has 0 aromatic heterocycles. The minimum Gasteiger partial charge on any atom is -0.493 e. The van der Waals surface area contributed by atoms with Crippen molar-refractivity contribution in [3.8, 4) is 11.5 Å². The lowest BCUT2D eigenvalue weighted by Gasteiger charge is -2.27. The van der Waals surface area contributed by atoms with Gasteiger partial charge in [-0.2, -0.15) is 0 Å². The highest BCUT2D eigenvalue weighted by atomic mass is 35.5. The molecule has 0 aliphatic heterocycles. The molecule has 0 aliphatic rings. The van der Waals surface area contributed by atoms with E-state index in [4.69, 9.17) is 49.0 Å². The Morgan fingerprint density at radius 3 is 2.00 bits per heavy atom. The number of alkyl halides is 1. The summed E-state index contributed by atoms with van der Waals surface area (Å²) >= 11 is 18.5. The molecule has 0 saturated carbocycles. The summed E-state index contributed by atoms with van der Waals surface area (Å²) in [5.74, 6) is 1.55. The molecular formula is C25H33Cl3O4. The van der Waals surface area contributed by atoms with Gasteiger partial charge in [-0.25, -0.2) is 0 Å². The van der Waals surface area contributed by atoms with E-state index in [9.17, 15) is 5.11 Å². The molecule has 0 unspecified atom stereocenters. The van der Waals surface area contributed by atoms with Gasteiger partial charge in [-0.3, -0.25) is 0 Å². The van der Waals surface area contributed by atoms with E-state index < -0.39 is 6.10 Å². The van der Waals surface area contributed by atoms with Crippen LogP contribution in [0.4, 0.5) is 0 Å². The van der Waals surface area contributed by atoms with Crippen molar-refractivity contribution >= 4 is 34.8 Å². The third kappa shape index (κ3) is 7.71. The number of ether oxygens (including phenoxy) is 3. The van der Waals surface area contributed by atoms with Crippen molar-refractivity contribution in [2.45, 2.75) is 52.2 Å². The summed E-state index contributed by atoms with van der Waals surface area (Å²) in [6, 6.07) is 11.7. The Bertz CT molecular complexity index is 830. The third-order valence-corrected chi connectivity index (χ3v) is 6.06. The smallest absolute Gasteiger partial charge is 0.156 e. The maximum Gasteiger partial charge on any atom is 0.156 e. The van der Waals surface area contributed by atoms with Gasteiger partial charge < -0.3 is 19.3 Å². The maximum absolute atomic E-state index is 9.61. The molecule has 2 aromatic rings. The highest BCUT2D eigenvalue weighted by Crippen LogP contribution is 2.40. The second-order valence-electron chi connectivity index (χ2n) is 8.84. The van der Waals surface area contributed by atoms with E-state index in [-0.39, 0.29) is 24.0 Å². The Labute approximate surface area is 206 Å². The van der Waals surface area contributed by atoms with Crippen molar-refractivity contribution in [1.82, 2.24) is 0 Å². The number of hydrogen-bond acceptors (Lipinski definition) is 4. The van der Waals surface area contributed by atoms with E-state index in [2.05, 4.69) is 20.8 Å². The Morgan fingerprint density at radius 2 is 1.47 bits per heavy atom. The highest BCUT2D eigenvalue weighted by Gasteiger charge is 2.26. The Kier molecular flexibility index (Phi) is 10.4. The van der Waals surface area contributed by atoms with Crippen molar-refractivity contribution in [3.63, 3.8) is 0 Å². The second kappa shape index (κ2) is 12.3. The van der Waals surface area contributed by atoms with E-state index >= 15 is 0 Å². The molecule has 7 heteroatoms. The molecule has 0 bridgehead atoms. The lowest BCUT2D eigenvalue weighted by atomic mass is 9.78. The number of hydrogen-bond donors (Lipinski definition) is 1. The monoisotopic (exact) mass is 502 g/mol. The zero-order valence-corrected chi connectivity index (χ0v) is 21.6. The zero-order valence-electron chi connectivity index (χ0n) is 19.3.